The third-order valence-electron chi connectivity index (χ3n) is 5.09. The highest BCUT2D eigenvalue weighted by molar-refractivity contribution is 7.93. The summed E-state index contributed by atoms with van der Waals surface area (Å²) in [5.41, 5.74) is 1.15. The Hall–Kier alpha value is -3.52. The quantitative estimate of drug-likeness (QED) is 0.514. The smallest absolute Gasteiger partial charge is 0.258 e. The second-order valence-corrected chi connectivity index (χ2v) is 10.00. The van der Waals surface area contributed by atoms with Crippen molar-refractivity contribution >= 4 is 15.7 Å². The molecule has 4 rings (SSSR count). The highest BCUT2D eigenvalue weighted by Crippen LogP contribution is 2.39. The molecule has 1 saturated carbocycles. The summed E-state index contributed by atoms with van der Waals surface area (Å²) >= 11 is 0. The number of hydrogen-bond donors (Lipinski definition) is 1. The number of nitrogens with one attached hydrogen (secondary N) is 1. The van der Waals surface area contributed by atoms with Crippen LogP contribution in [0.25, 0.3) is 0 Å². The average Bonchev–Trinajstić information content (AvgIpc) is 3.64. The zero-order valence-electron chi connectivity index (χ0n) is 18.2. The summed E-state index contributed by atoms with van der Waals surface area (Å²) in [5.74, 6) is 1.26. The topological polar surface area (TPSA) is 98.2 Å². The Kier molecular flexibility index (Phi) is 6.84. The molecule has 0 aliphatic heterocycles. The number of carbonyl (C=O) groups is 1. The Morgan fingerprint density at radius 3 is 2.42 bits per heavy atom. The molecule has 1 aliphatic rings. The highest BCUT2D eigenvalue weighted by atomic mass is 32.2. The maximum absolute atomic E-state index is 13.2. The molecule has 0 spiro atoms. The molecule has 8 heteroatoms. The van der Waals surface area contributed by atoms with Gasteiger partial charge in [-0.15, -0.1) is 0 Å². The van der Waals surface area contributed by atoms with Crippen LogP contribution in [-0.4, -0.2) is 36.6 Å². The first-order valence-corrected chi connectivity index (χ1v) is 12.7. The van der Waals surface area contributed by atoms with Crippen LogP contribution >= 0.6 is 0 Å². The molecule has 7 nitrogen and oxygen atoms in total. The minimum atomic E-state index is -3.35. The van der Waals surface area contributed by atoms with Crippen molar-refractivity contribution in [3.05, 3.63) is 95.3 Å². The minimum Gasteiger partial charge on any atom is -0.438 e. The van der Waals surface area contributed by atoms with Gasteiger partial charge >= 0.3 is 0 Å². The predicted molar refractivity (Wildman–Crippen MR) is 126 cm³/mol. The van der Waals surface area contributed by atoms with Crippen LogP contribution < -0.4 is 10.1 Å². The Morgan fingerprint density at radius 2 is 1.79 bits per heavy atom. The van der Waals surface area contributed by atoms with E-state index >= 15 is 0 Å². The van der Waals surface area contributed by atoms with E-state index < -0.39 is 21.8 Å². The lowest BCUT2D eigenvalue weighted by atomic mass is 10.1. The molecule has 0 bridgehead atoms. The van der Waals surface area contributed by atoms with Crippen molar-refractivity contribution in [3.63, 3.8) is 0 Å². The zero-order chi connectivity index (χ0) is 23.3. The zero-order valence-corrected chi connectivity index (χ0v) is 19.0. The van der Waals surface area contributed by atoms with Gasteiger partial charge in [-0.25, -0.2) is 13.4 Å². The van der Waals surface area contributed by atoms with E-state index in [0.29, 0.717) is 23.9 Å². The molecule has 0 unspecified atom stereocenters. The molecule has 1 atom stereocenters. The summed E-state index contributed by atoms with van der Waals surface area (Å²) in [4.78, 5) is 22.1. The van der Waals surface area contributed by atoms with Crippen molar-refractivity contribution in [1.82, 2.24) is 15.3 Å². The molecule has 1 N–H and O–H groups in total. The van der Waals surface area contributed by atoms with Gasteiger partial charge in [0.05, 0.1) is 6.04 Å². The Labute approximate surface area is 193 Å². The maximum Gasteiger partial charge on any atom is 0.258 e. The number of nitrogens with zero attached hydrogens (tertiary/aromatic N) is 2. The number of sulfone groups is 1. The summed E-state index contributed by atoms with van der Waals surface area (Å²) in [6, 6.07) is 18.1. The third kappa shape index (κ3) is 6.73. The predicted octanol–water partition coefficient (Wildman–Crippen LogP) is 4.05. The monoisotopic (exact) mass is 463 g/mol. The summed E-state index contributed by atoms with van der Waals surface area (Å²) in [6.45, 7) is 0. The van der Waals surface area contributed by atoms with Gasteiger partial charge in [0, 0.05) is 23.8 Å². The first kappa shape index (κ1) is 22.7. The molecule has 170 valence electrons. The van der Waals surface area contributed by atoms with Crippen LogP contribution in [0.4, 0.5) is 0 Å². The molecule has 2 aromatic carbocycles. The lowest BCUT2D eigenvalue weighted by Crippen LogP contribution is -2.35. The van der Waals surface area contributed by atoms with E-state index in [1.54, 1.807) is 12.1 Å². The van der Waals surface area contributed by atoms with Gasteiger partial charge in [0.2, 0.25) is 5.88 Å². The van der Waals surface area contributed by atoms with Crippen LogP contribution in [0.2, 0.25) is 0 Å². The van der Waals surface area contributed by atoms with Crippen molar-refractivity contribution < 1.29 is 17.9 Å². The summed E-state index contributed by atoms with van der Waals surface area (Å²) in [5, 5.41) is 4.00. The number of para-hydroxylation sites is 1. The fraction of sp³-hybridized carbons (Fsp3) is 0.240. The first-order valence-electron chi connectivity index (χ1n) is 10.7. The summed E-state index contributed by atoms with van der Waals surface area (Å²) < 4.78 is 29.3. The summed E-state index contributed by atoms with van der Waals surface area (Å²) in [6.07, 6.45) is 6.54. The molecule has 1 fully saturated rings. The van der Waals surface area contributed by atoms with E-state index in [2.05, 4.69) is 15.3 Å². The number of hydrogen-bond acceptors (Lipinski definition) is 6. The van der Waals surface area contributed by atoms with Gasteiger partial charge in [-0.1, -0.05) is 54.6 Å². The Morgan fingerprint density at radius 1 is 1.12 bits per heavy atom. The van der Waals surface area contributed by atoms with Crippen molar-refractivity contribution in [2.75, 3.05) is 6.26 Å². The van der Waals surface area contributed by atoms with E-state index in [4.69, 9.17) is 4.74 Å². The molecule has 33 heavy (non-hydrogen) atoms. The van der Waals surface area contributed by atoms with Gasteiger partial charge < -0.3 is 10.1 Å². The molecule has 0 saturated heterocycles. The van der Waals surface area contributed by atoms with Crippen LogP contribution in [-0.2, 0) is 16.3 Å². The second-order valence-electron chi connectivity index (χ2n) is 8.06. The second kappa shape index (κ2) is 9.95. The van der Waals surface area contributed by atoms with E-state index in [1.807, 2.05) is 48.5 Å². The van der Waals surface area contributed by atoms with E-state index in [9.17, 15) is 13.2 Å². The van der Waals surface area contributed by atoms with Crippen molar-refractivity contribution in [2.24, 2.45) is 0 Å². The maximum atomic E-state index is 13.2. The van der Waals surface area contributed by atoms with Gasteiger partial charge in [-0.05, 0) is 37.0 Å². The fourth-order valence-electron chi connectivity index (χ4n) is 3.27. The van der Waals surface area contributed by atoms with Crippen LogP contribution in [0, 0.1) is 0 Å². The Balaban J connectivity index is 1.60. The molecule has 1 amide bonds. The number of carbonyl (C=O) groups excluding carboxylic acids is 1. The number of ether oxygens (including phenoxy) is 1. The molecular formula is C25H25N3O4S. The molecule has 1 aromatic heterocycles. The third-order valence-corrected chi connectivity index (χ3v) is 5.74. The normalized spacial score (nSPS) is 14.7. The van der Waals surface area contributed by atoms with Crippen molar-refractivity contribution in [1.29, 1.82) is 0 Å². The minimum absolute atomic E-state index is 0.182. The van der Waals surface area contributed by atoms with E-state index in [0.717, 1.165) is 30.1 Å². The SMILES string of the molecule is CS(=O)(=O)/C=C/[C@H](Cc1ccccc1)NC(=O)c1cnc(C2CC2)nc1Oc1ccccc1. The van der Waals surface area contributed by atoms with E-state index in [-0.39, 0.29) is 11.4 Å². The van der Waals surface area contributed by atoms with Crippen LogP contribution in [0.1, 0.15) is 40.5 Å². The molecule has 1 heterocycles. The van der Waals surface area contributed by atoms with Crippen LogP contribution in [0.15, 0.2) is 78.3 Å². The van der Waals surface area contributed by atoms with Gasteiger partial charge in [0.25, 0.3) is 5.91 Å². The Bertz CT molecular complexity index is 1240. The fourth-order valence-corrected chi connectivity index (χ4v) is 3.75. The molecule has 0 radical (unpaired) electrons. The standard InChI is InChI=1S/C25H25N3O4S/c1-33(30,31)15-14-20(16-18-8-4-2-5-9-18)27-24(29)22-17-26-23(19-12-13-19)28-25(22)32-21-10-6-3-7-11-21/h2-11,14-15,17,19-20H,12-13,16H2,1H3,(H,27,29)/b15-14+/t20-/m1/s1. The average molecular weight is 464 g/mol. The van der Waals surface area contributed by atoms with Gasteiger partial charge in [-0.3, -0.25) is 4.79 Å². The first-order chi connectivity index (χ1) is 15.9. The van der Waals surface area contributed by atoms with Gasteiger partial charge in [-0.2, -0.15) is 4.98 Å². The van der Waals surface area contributed by atoms with Crippen LogP contribution in [0.3, 0.4) is 0 Å². The van der Waals surface area contributed by atoms with Gasteiger partial charge in [0.1, 0.15) is 17.1 Å². The summed E-state index contributed by atoms with van der Waals surface area (Å²) in [7, 11) is -3.35. The number of amides is 1. The lowest BCUT2D eigenvalue weighted by Gasteiger charge is -2.17. The highest BCUT2D eigenvalue weighted by Gasteiger charge is 2.29. The van der Waals surface area contributed by atoms with E-state index in [1.165, 1.54) is 12.3 Å². The lowest BCUT2D eigenvalue weighted by molar-refractivity contribution is 0.0941. The van der Waals surface area contributed by atoms with Crippen molar-refractivity contribution in [2.45, 2.75) is 31.2 Å². The van der Waals surface area contributed by atoms with Crippen molar-refractivity contribution in [3.8, 4) is 11.6 Å². The molecular weight excluding hydrogens is 438 g/mol. The largest absolute Gasteiger partial charge is 0.438 e. The molecule has 3 aromatic rings. The van der Waals surface area contributed by atoms with Crippen LogP contribution in [0.5, 0.6) is 11.6 Å². The number of benzene rings is 2. The molecule has 1 aliphatic carbocycles. The van der Waals surface area contributed by atoms with Gasteiger partial charge in [0.15, 0.2) is 9.84 Å². The number of aromatic nitrogens is 2. The number of rotatable bonds is 9.